The van der Waals surface area contributed by atoms with Gasteiger partial charge in [-0.15, -0.1) is 0 Å². The van der Waals surface area contributed by atoms with Gasteiger partial charge in [-0.25, -0.2) is 0 Å². The van der Waals surface area contributed by atoms with Crippen molar-refractivity contribution in [1.29, 1.82) is 0 Å². The number of benzene rings is 1. The molecule has 1 aromatic rings. The van der Waals surface area contributed by atoms with Crippen LogP contribution in [-0.2, 0) is 11.2 Å². The van der Waals surface area contributed by atoms with Crippen LogP contribution in [0.2, 0.25) is 0 Å². The second kappa shape index (κ2) is 7.13. The number of hydrogen-bond donors (Lipinski definition) is 1. The van der Waals surface area contributed by atoms with Crippen molar-refractivity contribution in [1.82, 2.24) is 0 Å². The van der Waals surface area contributed by atoms with Crippen molar-refractivity contribution in [2.45, 2.75) is 27.2 Å². The third-order valence-corrected chi connectivity index (χ3v) is 1.81. The van der Waals surface area contributed by atoms with E-state index < -0.39 is 5.97 Å². The summed E-state index contributed by atoms with van der Waals surface area (Å²) in [5, 5.41) is 8.64. The van der Waals surface area contributed by atoms with Crippen molar-refractivity contribution in [3.8, 4) is 0 Å². The Morgan fingerprint density at radius 1 is 1.29 bits per heavy atom. The maximum absolute atomic E-state index is 10.5. The highest BCUT2D eigenvalue weighted by Gasteiger charge is 2.10. The van der Waals surface area contributed by atoms with Crippen LogP contribution in [0.4, 0.5) is 0 Å². The highest BCUT2D eigenvalue weighted by atomic mass is 16.4. The molecule has 0 aliphatic carbocycles. The van der Waals surface area contributed by atoms with Crippen LogP contribution in [0.3, 0.4) is 0 Å². The number of rotatable bonds is 3. The number of hydrogen-bond acceptors (Lipinski definition) is 1. The minimum absolute atomic E-state index is 0.299. The Morgan fingerprint density at radius 2 is 1.79 bits per heavy atom. The third-order valence-electron chi connectivity index (χ3n) is 1.81. The molecule has 0 radical (unpaired) electrons. The fourth-order valence-electron chi connectivity index (χ4n) is 1.05. The lowest BCUT2D eigenvalue weighted by Crippen LogP contribution is -2.11. The van der Waals surface area contributed by atoms with E-state index in [1.807, 2.05) is 44.2 Å². The van der Waals surface area contributed by atoms with Gasteiger partial charge in [0.15, 0.2) is 0 Å². The van der Waals surface area contributed by atoms with Crippen molar-refractivity contribution in [3.63, 3.8) is 0 Å². The molecule has 0 spiro atoms. The molecule has 0 aliphatic rings. The molecular formula is C12H18O2. The second-order valence-electron chi connectivity index (χ2n) is 2.93. The Hall–Kier alpha value is -1.31. The van der Waals surface area contributed by atoms with Gasteiger partial charge in [0, 0.05) is 0 Å². The zero-order valence-corrected chi connectivity index (χ0v) is 9.03. The average Bonchev–Trinajstić information content (AvgIpc) is 2.22. The van der Waals surface area contributed by atoms with Gasteiger partial charge in [0.25, 0.3) is 0 Å². The van der Waals surface area contributed by atoms with Crippen molar-refractivity contribution in [2.75, 3.05) is 0 Å². The van der Waals surface area contributed by atoms with E-state index in [1.165, 1.54) is 0 Å². The van der Waals surface area contributed by atoms with Crippen molar-refractivity contribution in [2.24, 2.45) is 5.92 Å². The number of carboxylic acid groups (broad SMARTS) is 1. The Kier molecular flexibility index (Phi) is 6.46. The van der Waals surface area contributed by atoms with Crippen molar-refractivity contribution < 1.29 is 9.90 Å². The van der Waals surface area contributed by atoms with Gasteiger partial charge in [-0.3, -0.25) is 4.79 Å². The third kappa shape index (κ3) is 4.65. The van der Waals surface area contributed by atoms with Gasteiger partial charge in [0.05, 0.1) is 5.92 Å². The minimum Gasteiger partial charge on any atom is -0.481 e. The fourth-order valence-corrected chi connectivity index (χ4v) is 1.05. The topological polar surface area (TPSA) is 37.3 Å². The Labute approximate surface area is 85.6 Å². The first-order valence-corrected chi connectivity index (χ1v) is 4.97. The molecule has 0 heterocycles. The van der Waals surface area contributed by atoms with Crippen molar-refractivity contribution >= 4 is 5.97 Å². The molecule has 0 amide bonds. The summed E-state index contributed by atoms with van der Waals surface area (Å²) in [5.74, 6) is -1.04. The number of aliphatic carboxylic acids is 1. The van der Waals surface area contributed by atoms with E-state index in [9.17, 15) is 4.79 Å². The molecule has 0 unspecified atom stereocenters. The summed E-state index contributed by atoms with van der Waals surface area (Å²) in [6.07, 6.45) is 0.607. The van der Waals surface area contributed by atoms with E-state index in [1.54, 1.807) is 6.92 Å². The molecule has 1 atom stereocenters. The predicted molar refractivity (Wildman–Crippen MR) is 58.3 cm³/mol. The first-order valence-electron chi connectivity index (χ1n) is 4.97. The molecular weight excluding hydrogens is 176 g/mol. The predicted octanol–water partition coefficient (Wildman–Crippen LogP) is 2.98. The first-order chi connectivity index (χ1) is 6.70. The minimum atomic E-state index is -0.737. The van der Waals surface area contributed by atoms with Gasteiger partial charge in [-0.05, 0) is 12.0 Å². The molecule has 0 bridgehead atoms. The standard InChI is InChI=1S/C10H12O2.C2H6/c1-8(10(11)12)7-9-5-3-2-4-6-9;1-2/h2-6,8H,7H2,1H3,(H,11,12);1-2H3/t8-;/m0./s1. The Bertz CT molecular complexity index is 254. The second-order valence-corrected chi connectivity index (χ2v) is 2.93. The normalized spacial score (nSPS) is 11.1. The number of carbonyl (C=O) groups is 1. The summed E-state index contributed by atoms with van der Waals surface area (Å²) in [5.41, 5.74) is 1.08. The Morgan fingerprint density at radius 3 is 2.21 bits per heavy atom. The lowest BCUT2D eigenvalue weighted by Gasteiger charge is -2.04. The molecule has 0 saturated heterocycles. The van der Waals surface area contributed by atoms with Gasteiger partial charge in [-0.2, -0.15) is 0 Å². The molecule has 1 aromatic carbocycles. The first kappa shape index (κ1) is 12.7. The van der Waals surface area contributed by atoms with E-state index in [2.05, 4.69) is 0 Å². The summed E-state index contributed by atoms with van der Waals surface area (Å²) in [4.78, 5) is 10.5. The van der Waals surface area contributed by atoms with Crippen molar-refractivity contribution in [3.05, 3.63) is 35.9 Å². The molecule has 1 rings (SSSR count). The molecule has 2 nitrogen and oxygen atoms in total. The molecule has 0 aromatic heterocycles. The molecule has 1 N–H and O–H groups in total. The summed E-state index contributed by atoms with van der Waals surface area (Å²) >= 11 is 0. The van der Waals surface area contributed by atoms with E-state index in [4.69, 9.17) is 5.11 Å². The van der Waals surface area contributed by atoms with Gasteiger partial charge < -0.3 is 5.11 Å². The lowest BCUT2D eigenvalue weighted by atomic mass is 10.0. The molecule has 2 heteroatoms. The van der Waals surface area contributed by atoms with Crippen LogP contribution in [0.1, 0.15) is 26.3 Å². The smallest absolute Gasteiger partial charge is 0.306 e. The van der Waals surface area contributed by atoms with Crippen LogP contribution >= 0.6 is 0 Å². The molecule has 14 heavy (non-hydrogen) atoms. The SMILES string of the molecule is CC.C[C@@H](Cc1ccccc1)C(=O)O. The lowest BCUT2D eigenvalue weighted by molar-refractivity contribution is -0.141. The van der Waals surface area contributed by atoms with E-state index in [0.29, 0.717) is 6.42 Å². The van der Waals surface area contributed by atoms with Gasteiger partial charge >= 0.3 is 5.97 Å². The highest BCUT2D eigenvalue weighted by Crippen LogP contribution is 2.07. The summed E-state index contributed by atoms with van der Waals surface area (Å²) in [6, 6.07) is 9.65. The van der Waals surface area contributed by atoms with Crippen LogP contribution in [0.15, 0.2) is 30.3 Å². The molecule has 0 fully saturated rings. The largest absolute Gasteiger partial charge is 0.481 e. The molecule has 78 valence electrons. The summed E-state index contributed by atoms with van der Waals surface area (Å²) in [6.45, 7) is 5.72. The maximum Gasteiger partial charge on any atom is 0.306 e. The quantitative estimate of drug-likeness (QED) is 0.803. The highest BCUT2D eigenvalue weighted by molar-refractivity contribution is 5.69. The van der Waals surface area contributed by atoms with Crippen LogP contribution in [0.5, 0.6) is 0 Å². The molecule has 0 saturated carbocycles. The van der Waals surface area contributed by atoms with Gasteiger partial charge in [-0.1, -0.05) is 51.1 Å². The summed E-state index contributed by atoms with van der Waals surface area (Å²) in [7, 11) is 0. The number of carboxylic acids is 1. The zero-order chi connectivity index (χ0) is 11.0. The van der Waals surface area contributed by atoms with Crippen LogP contribution in [0, 0.1) is 5.92 Å². The monoisotopic (exact) mass is 194 g/mol. The fraction of sp³-hybridized carbons (Fsp3) is 0.417. The van der Waals surface area contributed by atoms with Crippen LogP contribution in [0.25, 0.3) is 0 Å². The Balaban J connectivity index is 0.000000791. The molecule has 0 aliphatic heterocycles. The zero-order valence-electron chi connectivity index (χ0n) is 9.03. The maximum atomic E-state index is 10.5. The average molecular weight is 194 g/mol. The van der Waals surface area contributed by atoms with Crippen LogP contribution < -0.4 is 0 Å². The van der Waals surface area contributed by atoms with Gasteiger partial charge in [0.1, 0.15) is 0 Å². The van der Waals surface area contributed by atoms with E-state index in [0.717, 1.165) is 5.56 Å². The van der Waals surface area contributed by atoms with E-state index >= 15 is 0 Å². The van der Waals surface area contributed by atoms with E-state index in [-0.39, 0.29) is 5.92 Å². The summed E-state index contributed by atoms with van der Waals surface area (Å²) < 4.78 is 0. The van der Waals surface area contributed by atoms with Crippen LogP contribution in [-0.4, -0.2) is 11.1 Å². The van der Waals surface area contributed by atoms with Gasteiger partial charge in [0.2, 0.25) is 0 Å².